The largest absolute Gasteiger partial charge is 0.476 e. The zero-order valence-electron chi connectivity index (χ0n) is 14.1. The van der Waals surface area contributed by atoms with Crippen molar-refractivity contribution in [1.82, 2.24) is 19.9 Å². The van der Waals surface area contributed by atoms with Crippen LogP contribution in [0.5, 0.6) is 0 Å². The lowest BCUT2D eigenvalue weighted by molar-refractivity contribution is -0.145. The minimum atomic E-state index is -1.17. The van der Waals surface area contributed by atoms with Crippen molar-refractivity contribution in [2.24, 2.45) is 0 Å². The molecule has 1 aromatic carbocycles. The molecule has 0 saturated carbocycles. The number of aromatic carboxylic acids is 1. The molecular weight excluding hydrogens is 324 g/mol. The van der Waals surface area contributed by atoms with Gasteiger partial charge in [-0.1, -0.05) is 29.5 Å². The summed E-state index contributed by atoms with van der Waals surface area (Å²) in [4.78, 5) is 25.3. The van der Waals surface area contributed by atoms with Gasteiger partial charge in [-0.15, -0.1) is 5.10 Å². The van der Waals surface area contributed by atoms with E-state index in [9.17, 15) is 9.59 Å². The molecule has 1 aliphatic rings. The summed E-state index contributed by atoms with van der Waals surface area (Å²) in [7, 11) is 0. The predicted octanol–water partition coefficient (Wildman–Crippen LogP) is 1.27. The third kappa shape index (κ3) is 3.69. The lowest BCUT2D eigenvalue weighted by Crippen LogP contribution is -2.49. The first-order chi connectivity index (χ1) is 12.0. The number of carboxylic acid groups (broad SMARTS) is 1. The normalized spacial score (nSPS) is 20.5. The van der Waals surface area contributed by atoms with Crippen molar-refractivity contribution in [3.8, 4) is 0 Å². The third-order valence-corrected chi connectivity index (χ3v) is 4.34. The number of benzene rings is 1. The van der Waals surface area contributed by atoms with E-state index in [-0.39, 0.29) is 30.3 Å². The van der Waals surface area contributed by atoms with Crippen molar-refractivity contribution >= 4 is 11.9 Å². The van der Waals surface area contributed by atoms with Crippen molar-refractivity contribution in [3.63, 3.8) is 0 Å². The Bertz CT molecular complexity index is 788. The molecule has 0 bridgehead atoms. The Kier molecular flexibility index (Phi) is 4.80. The van der Waals surface area contributed by atoms with Crippen LogP contribution in [0.1, 0.15) is 34.6 Å². The van der Waals surface area contributed by atoms with Crippen LogP contribution in [-0.2, 0) is 16.1 Å². The first-order valence-electron chi connectivity index (χ1n) is 8.05. The molecule has 1 saturated heterocycles. The molecule has 0 aliphatic carbocycles. The fourth-order valence-corrected chi connectivity index (χ4v) is 2.94. The maximum atomic E-state index is 12.7. The molecule has 2 aromatic rings. The number of ether oxygens (including phenoxy) is 1. The Morgan fingerprint density at radius 1 is 1.36 bits per heavy atom. The maximum Gasteiger partial charge on any atom is 0.358 e. The highest BCUT2D eigenvalue weighted by Crippen LogP contribution is 2.27. The van der Waals surface area contributed by atoms with Crippen molar-refractivity contribution < 1.29 is 19.4 Å². The number of aromatic nitrogens is 3. The number of carboxylic acids is 1. The van der Waals surface area contributed by atoms with E-state index < -0.39 is 5.97 Å². The van der Waals surface area contributed by atoms with Crippen molar-refractivity contribution in [2.75, 3.05) is 13.2 Å². The second-order valence-corrected chi connectivity index (χ2v) is 6.18. The number of aryl methyl sites for hydroxylation is 1. The van der Waals surface area contributed by atoms with Crippen LogP contribution in [0.25, 0.3) is 0 Å². The number of carbonyl (C=O) groups is 2. The van der Waals surface area contributed by atoms with E-state index >= 15 is 0 Å². The van der Waals surface area contributed by atoms with E-state index in [1.54, 1.807) is 4.90 Å². The number of amides is 1. The molecule has 8 nitrogen and oxygen atoms in total. The van der Waals surface area contributed by atoms with E-state index in [4.69, 9.17) is 9.84 Å². The monoisotopic (exact) mass is 344 g/mol. The molecule has 8 heteroatoms. The van der Waals surface area contributed by atoms with Crippen LogP contribution in [-0.4, -0.2) is 56.1 Å². The molecule has 1 amide bonds. The van der Waals surface area contributed by atoms with Gasteiger partial charge < -0.3 is 14.7 Å². The van der Waals surface area contributed by atoms with Gasteiger partial charge in [-0.25, -0.2) is 9.48 Å². The molecule has 0 radical (unpaired) electrons. The van der Waals surface area contributed by atoms with Crippen molar-refractivity contribution in [3.05, 3.63) is 47.3 Å². The molecule has 1 N–H and O–H groups in total. The molecule has 3 rings (SSSR count). The predicted molar refractivity (Wildman–Crippen MR) is 88.0 cm³/mol. The summed E-state index contributed by atoms with van der Waals surface area (Å²) >= 11 is 0. The Morgan fingerprint density at radius 3 is 2.80 bits per heavy atom. The van der Waals surface area contributed by atoms with E-state index in [0.717, 1.165) is 11.1 Å². The van der Waals surface area contributed by atoms with Crippen LogP contribution in [0.15, 0.2) is 30.5 Å². The van der Waals surface area contributed by atoms with Gasteiger partial charge in [-0.3, -0.25) is 4.79 Å². The molecule has 25 heavy (non-hydrogen) atoms. The Balaban J connectivity index is 1.72. The lowest BCUT2D eigenvalue weighted by Gasteiger charge is -2.38. The molecule has 1 aliphatic heterocycles. The topological polar surface area (TPSA) is 97.6 Å². The molecule has 1 aromatic heterocycles. The summed E-state index contributed by atoms with van der Waals surface area (Å²) in [6.45, 7) is 4.79. The van der Waals surface area contributed by atoms with Crippen molar-refractivity contribution in [1.29, 1.82) is 0 Å². The van der Waals surface area contributed by atoms with Gasteiger partial charge in [0.25, 0.3) is 0 Å². The first kappa shape index (κ1) is 17.1. The minimum absolute atomic E-state index is 0.0505. The van der Waals surface area contributed by atoms with Crippen LogP contribution in [0.4, 0.5) is 0 Å². The van der Waals surface area contributed by atoms with Crippen LogP contribution < -0.4 is 0 Å². The quantitative estimate of drug-likeness (QED) is 0.897. The highest BCUT2D eigenvalue weighted by Gasteiger charge is 2.31. The summed E-state index contributed by atoms with van der Waals surface area (Å²) in [5, 5.41) is 16.1. The molecule has 2 heterocycles. The van der Waals surface area contributed by atoms with Gasteiger partial charge in [0.15, 0.2) is 5.69 Å². The summed E-state index contributed by atoms with van der Waals surface area (Å²) < 4.78 is 7.16. The highest BCUT2D eigenvalue weighted by molar-refractivity contribution is 5.84. The summed E-state index contributed by atoms with van der Waals surface area (Å²) in [5.74, 6) is -1.31. The van der Waals surface area contributed by atoms with Gasteiger partial charge in [0.05, 0.1) is 25.4 Å². The van der Waals surface area contributed by atoms with Gasteiger partial charge in [-0.05, 0) is 25.0 Å². The molecule has 2 unspecified atom stereocenters. The van der Waals surface area contributed by atoms with Crippen LogP contribution in [0.3, 0.4) is 0 Å². The standard InChI is InChI=1S/C17H20N4O4/c1-11-5-3-4-6-13(11)15-8-21(12(2)10-25-15)16(22)9-20-7-14(17(23)24)18-19-20/h3-7,12,15H,8-10H2,1-2H3,(H,23,24). The zero-order chi connectivity index (χ0) is 18.0. The van der Waals surface area contributed by atoms with Gasteiger partial charge >= 0.3 is 5.97 Å². The third-order valence-electron chi connectivity index (χ3n) is 4.34. The summed E-state index contributed by atoms with van der Waals surface area (Å²) in [6.07, 6.45) is 1.08. The lowest BCUT2D eigenvalue weighted by atomic mass is 10.0. The van der Waals surface area contributed by atoms with Gasteiger partial charge in [0, 0.05) is 0 Å². The highest BCUT2D eigenvalue weighted by atomic mass is 16.5. The smallest absolute Gasteiger partial charge is 0.358 e. The minimum Gasteiger partial charge on any atom is -0.476 e. The number of rotatable bonds is 4. The van der Waals surface area contributed by atoms with Crippen LogP contribution in [0.2, 0.25) is 0 Å². The number of hydrogen-bond acceptors (Lipinski definition) is 5. The van der Waals surface area contributed by atoms with Crippen molar-refractivity contribution in [2.45, 2.75) is 32.5 Å². The maximum absolute atomic E-state index is 12.7. The first-order valence-corrected chi connectivity index (χ1v) is 8.05. The fourth-order valence-electron chi connectivity index (χ4n) is 2.94. The number of hydrogen-bond donors (Lipinski definition) is 1. The number of carbonyl (C=O) groups excluding carboxylic acids is 1. The van der Waals surface area contributed by atoms with E-state index in [1.807, 2.05) is 38.1 Å². The number of morpholine rings is 1. The fraction of sp³-hybridized carbons (Fsp3) is 0.412. The average molecular weight is 344 g/mol. The van der Waals surface area contributed by atoms with E-state index in [0.29, 0.717) is 13.2 Å². The van der Waals surface area contributed by atoms with Gasteiger partial charge in [0.1, 0.15) is 12.6 Å². The Morgan fingerprint density at radius 2 is 2.12 bits per heavy atom. The Labute approximate surface area is 145 Å². The van der Waals surface area contributed by atoms with Crippen LogP contribution >= 0.6 is 0 Å². The van der Waals surface area contributed by atoms with Crippen LogP contribution in [0, 0.1) is 6.92 Å². The molecule has 0 spiro atoms. The zero-order valence-corrected chi connectivity index (χ0v) is 14.1. The average Bonchev–Trinajstić information content (AvgIpc) is 3.04. The molecule has 132 valence electrons. The molecule has 2 atom stereocenters. The number of nitrogens with zero attached hydrogens (tertiary/aromatic N) is 4. The summed E-state index contributed by atoms with van der Waals surface area (Å²) in [5.41, 5.74) is 2.01. The Hall–Kier alpha value is -2.74. The second kappa shape index (κ2) is 7.02. The van der Waals surface area contributed by atoms with E-state index in [2.05, 4.69) is 10.3 Å². The molecule has 1 fully saturated rings. The molecular formula is C17H20N4O4. The van der Waals surface area contributed by atoms with E-state index in [1.165, 1.54) is 10.9 Å². The second-order valence-electron chi connectivity index (χ2n) is 6.18. The summed E-state index contributed by atoms with van der Waals surface area (Å²) in [6, 6.07) is 7.90. The SMILES string of the molecule is Cc1ccccc1C1CN(C(=O)Cn2cc(C(=O)O)nn2)C(C)CO1. The van der Waals surface area contributed by atoms with Gasteiger partial charge in [0.2, 0.25) is 5.91 Å². The van der Waals surface area contributed by atoms with Gasteiger partial charge in [-0.2, -0.15) is 0 Å².